The Balaban J connectivity index is 0. The van der Waals surface area contributed by atoms with Crippen molar-refractivity contribution in [1.82, 2.24) is 0 Å². The topological polar surface area (TPSA) is 40.1 Å². The monoisotopic (exact) mass is 239 g/mol. The third-order valence-corrected chi connectivity index (χ3v) is 0.567. The smallest absolute Gasteiger partial charge is 0.458 e. The Morgan fingerprint density at radius 3 is 1.50 bits per heavy atom. The molecule has 0 spiro atoms. The van der Waals surface area contributed by atoms with Crippen LogP contribution in [0.2, 0.25) is 0 Å². The number of hydrogen-bond donors (Lipinski definition) is 0. The van der Waals surface area contributed by atoms with Gasteiger partial charge in [-0.2, -0.15) is 13.2 Å². The average molecular weight is 239 g/mol. The minimum Gasteiger partial charge on any atom is -0.766 e. The minimum atomic E-state index is -5.08. The van der Waals surface area contributed by atoms with Gasteiger partial charge in [-0.1, -0.05) is 0 Å². The summed E-state index contributed by atoms with van der Waals surface area (Å²) >= 11 is -3.93. The van der Waals surface area contributed by atoms with Crippen LogP contribution in [0.1, 0.15) is 0 Å². The molecule has 0 aromatic heterocycles. The predicted molar refractivity (Wildman–Crippen MR) is 15.0 cm³/mol. The van der Waals surface area contributed by atoms with Crippen molar-refractivity contribution >= 4 is 11.1 Å². The maximum Gasteiger partial charge on any atom is 0.458 e. The fourth-order valence-electron chi connectivity index (χ4n) is 0. The summed E-state index contributed by atoms with van der Waals surface area (Å²) in [6, 6.07) is 0. The van der Waals surface area contributed by atoms with Gasteiger partial charge in [0.05, 0.1) is 11.1 Å². The van der Waals surface area contributed by atoms with Crippen LogP contribution in [0.25, 0.3) is 0 Å². The third-order valence-electron chi connectivity index (χ3n) is 0.189. The first-order valence-corrected chi connectivity index (χ1v) is 2.18. The summed E-state index contributed by atoms with van der Waals surface area (Å²) in [5.41, 5.74) is -5.08. The molecule has 0 saturated heterocycles. The van der Waals surface area contributed by atoms with Crippen LogP contribution in [0, 0.1) is 0 Å². The Hall–Kier alpha value is 0.562. The Bertz CT molecular complexity index is 89.8. The summed E-state index contributed by atoms with van der Waals surface area (Å²) in [7, 11) is 0. The zero-order chi connectivity index (χ0) is 6.08. The van der Waals surface area contributed by atoms with Gasteiger partial charge < -0.3 is 4.55 Å². The normalized spacial score (nSPS) is 14.5. The first-order chi connectivity index (χ1) is 2.94. The van der Waals surface area contributed by atoms with E-state index in [2.05, 4.69) is 0 Å². The molecule has 0 heterocycles. The summed E-state index contributed by atoms with van der Waals surface area (Å²) in [4.78, 5) is 0. The van der Waals surface area contributed by atoms with Crippen LogP contribution < -0.4 is 0 Å². The fraction of sp³-hybridized carbons (Fsp3) is 1.00. The van der Waals surface area contributed by atoms with E-state index in [0.717, 1.165) is 0 Å². The van der Waals surface area contributed by atoms with Crippen molar-refractivity contribution in [2.24, 2.45) is 0 Å². The second-order valence-corrected chi connectivity index (χ2v) is 1.61. The molecule has 0 fully saturated rings. The maximum atomic E-state index is 10.6. The average Bonchev–Trinajstić information content (AvgIpc) is 1.31. The van der Waals surface area contributed by atoms with E-state index in [4.69, 9.17) is 8.76 Å². The van der Waals surface area contributed by atoms with Crippen molar-refractivity contribution in [3.63, 3.8) is 0 Å². The van der Waals surface area contributed by atoms with Gasteiger partial charge in [0.15, 0.2) is 0 Å². The molecule has 1 unspecified atom stereocenters. The SMILES string of the molecule is O=S([O-])C(F)(F)F.[Pd]. The zero-order valence-electron chi connectivity index (χ0n) is 3.17. The number of rotatable bonds is 0. The van der Waals surface area contributed by atoms with Gasteiger partial charge in [0.1, 0.15) is 0 Å². The molecule has 0 aliphatic heterocycles. The molecule has 0 saturated carbocycles. The molecule has 0 amide bonds. The molecule has 0 aliphatic rings. The van der Waals surface area contributed by atoms with Gasteiger partial charge >= 0.3 is 5.51 Å². The summed E-state index contributed by atoms with van der Waals surface area (Å²) < 4.78 is 49.5. The van der Waals surface area contributed by atoms with Crippen LogP contribution in [-0.4, -0.2) is 14.3 Å². The summed E-state index contributed by atoms with van der Waals surface area (Å²) in [6.07, 6.45) is 0. The van der Waals surface area contributed by atoms with E-state index in [1.54, 1.807) is 0 Å². The molecular weight excluding hydrogens is 239 g/mol. The predicted octanol–water partition coefficient (Wildman–Crippen LogP) is 0.383. The van der Waals surface area contributed by atoms with Crippen LogP contribution in [0.3, 0.4) is 0 Å². The Kier molecular flexibility index (Phi) is 5.06. The number of halogens is 3. The number of hydrogen-bond acceptors (Lipinski definition) is 2. The molecular formula is CF3O2PdS-. The Labute approximate surface area is 59.4 Å². The van der Waals surface area contributed by atoms with Crippen molar-refractivity contribution in [3.8, 4) is 0 Å². The minimum absolute atomic E-state index is 0. The molecule has 0 aromatic rings. The van der Waals surface area contributed by atoms with E-state index >= 15 is 0 Å². The van der Waals surface area contributed by atoms with E-state index in [-0.39, 0.29) is 20.4 Å². The molecule has 0 N–H and O–H groups in total. The first-order valence-electron chi connectivity index (χ1n) is 1.10. The second-order valence-electron chi connectivity index (χ2n) is 0.680. The van der Waals surface area contributed by atoms with Crippen LogP contribution in [-0.2, 0) is 31.5 Å². The van der Waals surface area contributed by atoms with Gasteiger partial charge in [0.2, 0.25) is 0 Å². The molecule has 0 aromatic carbocycles. The molecule has 54 valence electrons. The van der Waals surface area contributed by atoms with Gasteiger partial charge in [0.25, 0.3) is 0 Å². The van der Waals surface area contributed by atoms with Crippen LogP contribution >= 0.6 is 0 Å². The van der Waals surface area contributed by atoms with E-state index in [9.17, 15) is 13.2 Å². The Morgan fingerprint density at radius 2 is 1.50 bits per heavy atom. The Morgan fingerprint density at radius 1 is 1.38 bits per heavy atom. The largest absolute Gasteiger partial charge is 0.766 e. The summed E-state index contributed by atoms with van der Waals surface area (Å²) in [5, 5.41) is 0. The van der Waals surface area contributed by atoms with Crippen LogP contribution in [0.5, 0.6) is 0 Å². The van der Waals surface area contributed by atoms with Gasteiger partial charge in [-0.15, -0.1) is 0 Å². The standard InChI is InChI=1S/CHF3O2S.Pd/c2-1(3,4)7(5)6;/h(H,5,6);/p-1. The maximum absolute atomic E-state index is 10.6. The third kappa shape index (κ3) is 4.71. The molecule has 1 atom stereocenters. The van der Waals surface area contributed by atoms with Crippen molar-refractivity contribution in [3.05, 3.63) is 0 Å². The van der Waals surface area contributed by atoms with Crippen molar-refractivity contribution < 1.29 is 42.4 Å². The van der Waals surface area contributed by atoms with E-state index in [1.807, 2.05) is 0 Å². The molecule has 0 aliphatic carbocycles. The van der Waals surface area contributed by atoms with E-state index in [0.29, 0.717) is 0 Å². The van der Waals surface area contributed by atoms with Gasteiger partial charge in [0, 0.05) is 20.4 Å². The van der Waals surface area contributed by atoms with Crippen molar-refractivity contribution in [1.29, 1.82) is 0 Å². The summed E-state index contributed by atoms with van der Waals surface area (Å²) in [6.45, 7) is 0. The second kappa shape index (κ2) is 3.56. The molecule has 7 heteroatoms. The molecule has 8 heavy (non-hydrogen) atoms. The zero-order valence-corrected chi connectivity index (χ0v) is 5.55. The number of alkyl halides is 3. The fourth-order valence-corrected chi connectivity index (χ4v) is 0. The van der Waals surface area contributed by atoms with Crippen molar-refractivity contribution in [2.45, 2.75) is 5.51 Å². The van der Waals surface area contributed by atoms with E-state index in [1.165, 1.54) is 0 Å². The first kappa shape index (κ1) is 11.4. The molecule has 2 nitrogen and oxygen atoms in total. The molecule has 0 rings (SSSR count). The van der Waals surface area contributed by atoms with Gasteiger partial charge in [-0.3, -0.25) is 4.21 Å². The van der Waals surface area contributed by atoms with E-state index < -0.39 is 16.6 Å². The van der Waals surface area contributed by atoms with Crippen molar-refractivity contribution in [2.75, 3.05) is 0 Å². The van der Waals surface area contributed by atoms with Crippen LogP contribution in [0.4, 0.5) is 13.2 Å². The molecule has 0 radical (unpaired) electrons. The quantitative estimate of drug-likeness (QED) is 0.453. The van der Waals surface area contributed by atoms with Gasteiger partial charge in [-0.05, 0) is 0 Å². The van der Waals surface area contributed by atoms with Gasteiger partial charge in [-0.25, -0.2) is 0 Å². The summed E-state index contributed by atoms with van der Waals surface area (Å²) in [5.74, 6) is 0. The molecule has 0 bridgehead atoms. The van der Waals surface area contributed by atoms with Crippen LogP contribution in [0.15, 0.2) is 0 Å².